The molecular formula is C10H15F3O. The van der Waals surface area contributed by atoms with Gasteiger partial charge in [0.2, 0.25) is 0 Å². The molecule has 82 valence electrons. The van der Waals surface area contributed by atoms with Crippen LogP contribution in [0.4, 0.5) is 13.2 Å². The Morgan fingerprint density at radius 2 is 1.71 bits per heavy atom. The van der Waals surface area contributed by atoms with Gasteiger partial charge in [0.05, 0.1) is 12.9 Å². The van der Waals surface area contributed by atoms with Gasteiger partial charge in [0.25, 0.3) is 0 Å². The normalized spacial score (nSPS) is 16.1. The lowest BCUT2D eigenvalue weighted by Crippen LogP contribution is -2.13. The van der Waals surface area contributed by atoms with E-state index >= 15 is 0 Å². The zero-order chi connectivity index (χ0) is 11.2. The monoisotopic (exact) mass is 208 g/mol. The van der Waals surface area contributed by atoms with Gasteiger partial charge in [-0.15, -0.1) is 0 Å². The third kappa shape index (κ3) is 3.85. The first-order chi connectivity index (χ1) is 6.54. The van der Waals surface area contributed by atoms with Crippen molar-refractivity contribution in [1.82, 2.24) is 0 Å². The number of alkyl halides is 3. The number of hydrogen-bond acceptors (Lipinski definition) is 1. The Morgan fingerprint density at radius 3 is 2.00 bits per heavy atom. The smallest absolute Gasteiger partial charge is 0.412 e. The van der Waals surface area contributed by atoms with Crippen LogP contribution in [0.1, 0.15) is 26.7 Å². The maximum atomic E-state index is 12.0. The summed E-state index contributed by atoms with van der Waals surface area (Å²) in [5, 5.41) is 0. The summed E-state index contributed by atoms with van der Waals surface area (Å²) in [6, 6.07) is 0. The summed E-state index contributed by atoms with van der Waals surface area (Å²) in [5.74, 6) is 0.600. The molecule has 0 heterocycles. The van der Waals surface area contributed by atoms with Crippen LogP contribution < -0.4 is 0 Å². The fourth-order valence-electron chi connectivity index (χ4n) is 1.02. The number of methoxy groups -OCH3 is 1. The minimum Gasteiger partial charge on any atom is -0.501 e. The summed E-state index contributed by atoms with van der Waals surface area (Å²) in [4.78, 5) is 0. The summed E-state index contributed by atoms with van der Waals surface area (Å²) < 4.78 is 40.9. The van der Waals surface area contributed by atoms with Gasteiger partial charge in [0.15, 0.2) is 0 Å². The van der Waals surface area contributed by atoms with Crippen molar-refractivity contribution in [2.24, 2.45) is 0 Å². The molecule has 0 saturated carbocycles. The van der Waals surface area contributed by atoms with Crippen molar-refractivity contribution in [3.63, 3.8) is 0 Å². The van der Waals surface area contributed by atoms with E-state index in [-0.39, 0.29) is 6.42 Å². The number of ether oxygens (including phenoxy) is 1. The SMILES string of the molecule is CC.COC1=CC=C(C(F)(F)F)CC1. The molecule has 0 unspecified atom stereocenters. The molecule has 1 aliphatic rings. The van der Waals surface area contributed by atoms with Gasteiger partial charge >= 0.3 is 6.18 Å². The fourth-order valence-corrected chi connectivity index (χ4v) is 1.02. The van der Waals surface area contributed by atoms with Crippen molar-refractivity contribution in [2.45, 2.75) is 32.9 Å². The summed E-state index contributed by atoms with van der Waals surface area (Å²) in [7, 11) is 1.46. The first kappa shape index (κ1) is 13.1. The molecule has 0 atom stereocenters. The van der Waals surface area contributed by atoms with E-state index in [0.717, 1.165) is 6.08 Å². The summed E-state index contributed by atoms with van der Waals surface area (Å²) in [5.41, 5.74) is -0.483. The molecule has 0 N–H and O–H groups in total. The minimum atomic E-state index is -4.18. The van der Waals surface area contributed by atoms with E-state index in [1.54, 1.807) is 0 Å². The third-order valence-corrected chi connectivity index (χ3v) is 1.74. The van der Waals surface area contributed by atoms with Crippen LogP contribution in [0.5, 0.6) is 0 Å². The van der Waals surface area contributed by atoms with Gasteiger partial charge in [-0.3, -0.25) is 0 Å². The van der Waals surface area contributed by atoms with Crippen LogP contribution in [0.2, 0.25) is 0 Å². The van der Waals surface area contributed by atoms with Gasteiger partial charge in [0.1, 0.15) is 0 Å². The molecule has 1 aliphatic carbocycles. The third-order valence-electron chi connectivity index (χ3n) is 1.74. The predicted octanol–water partition coefficient (Wildman–Crippen LogP) is 3.83. The average Bonchev–Trinajstić information content (AvgIpc) is 2.20. The Hall–Kier alpha value is -0.930. The second kappa shape index (κ2) is 5.73. The zero-order valence-corrected chi connectivity index (χ0v) is 8.61. The Labute approximate surface area is 82.3 Å². The predicted molar refractivity (Wildman–Crippen MR) is 49.8 cm³/mol. The first-order valence-electron chi connectivity index (χ1n) is 4.55. The molecule has 0 aliphatic heterocycles. The lowest BCUT2D eigenvalue weighted by atomic mass is 10.0. The minimum absolute atomic E-state index is 0.0170. The number of allylic oxidation sites excluding steroid dienone is 4. The van der Waals surface area contributed by atoms with E-state index in [2.05, 4.69) is 0 Å². The van der Waals surface area contributed by atoms with Crippen LogP contribution in [0.25, 0.3) is 0 Å². The molecule has 4 heteroatoms. The van der Waals surface area contributed by atoms with Gasteiger partial charge in [-0.1, -0.05) is 19.9 Å². The van der Waals surface area contributed by atoms with Crippen molar-refractivity contribution in [3.05, 3.63) is 23.5 Å². The molecule has 0 aromatic heterocycles. The number of halogens is 3. The van der Waals surface area contributed by atoms with Crippen molar-refractivity contribution >= 4 is 0 Å². The highest BCUT2D eigenvalue weighted by molar-refractivity contribution is 5.24. The Bertz CT molecular complexity index is 226. The van der Waals surface area contributed by atoms with Crippen LogP contribution >= 0.6 is 0 Å². The molecule has 0 amide bonds. The molecule has 0 saturated heterocycles. The van der Waals surface area contributed by atoms with Crippen LogP contribution in [0, 0.1) is 0 Å². The molecule has 0 fully saturated rings. The van der Waals surface area contributed by atoms with Gasteiger partial charge in [-0.25, -0.2) is 0 Å². The van der Waals surface area contributed by atoms with E-state index in [4.69, 9.17) is 4.74 Å². The fraction of sp³-hybridized carbons (Fsp3) is 0.600. The zero-order valence-electron chi connectivity index (χ0n) is 8.61. The van der Waals surface area contributed by atoms with Crippen LogP contribution in [0.15, 0.2) is 23.5 Å². The summed E-state index contributed by atoms with van der Waals surface area (Å²) in [6.45, 7) is 4.00. The quantitative estimate of drug-likeness (QED) is 0.636. The summed E-state index contributed by atoms with van der Waals surface area (Å²) >= 11 is 0. The lowest BCUT2D eigenvalue weighted by molar-refractivity contribution is -0.0943. The maximum Gasteiger partial charge on any atom is 0.412 e. The highest BCUT2D eigenvalue weighted by Gasteiger charge is 2.33. The Kier molecular flexibility index (Phi) is 5.35. The highest BCUT2D eigenvalue weighted by atomic mass is 19.4. The molecule has 1 nitrogen and oxygen atoms in total. The van der Waals surface area contributed by atoms with Crippen LogP contribution in [-0.4, -0.2) is 13.3 Å². The van der Waals surface area contributed by atoms with Gasteiger partial charge in [-0.2, -0.15) is 13.2 Å². The van der Waals surface area contributed by atoms with Crippen molar-refractivity contribution in [2.75, 3.05) is 7.11 Å². The maximum absolute atomic E-state index is 12.0. The molecule has 0 spiro atoms. The Morgan fingerprint density at radius 1 is 1.14 bits per heavy atom. The standard InChI is InChI=1S/C8H9F3O.C2H6/c1-12-7-4-2-6(3-5-7)8(9,10)11;1-2/h2,4H,3,5H2,1H3;1-2H3. The van der Waals surface area contributed by atoms with E-state index in [9.17, 15) is 13.2 Å². The average molecular weight is 208 g/mol. The highest BCUT2D eigenvalue weighted by Crippen LogP contribution is 2.32. The molecule has 0 bridgehead atoms. The van der Waals surface area contributed by atoms with Gasteiger partial charge in [0, 0.05) is 12.0 Å². The molecule has 0 radical (unpaired) electrons. The largest absolute Gasteiger partial charge is 0.501 e. The van der Waals surface area contributed by atoms with Gasteiger partial charge < -0.3 is 4.74 Å². The molecule has 0 aromatic rings. The Balaban J connectivity index is 0.000000791. The molecule has 1 rings (SSSR count). The van der Waals surface area contributed by atoms with E-state index < -0.39 is 11.7 Å². The molecule has 0 aromatic carbocycles. The molecule has 14 heavy (non-hydrogen) atoms. The number of rotatable bonds is 1. The summed E-state index contributed by atoms with van der Waals surface area (Å²) in [6.07, 6.45) is -1.39. The second-order valence-electron chi connectivity index (χ2n) is 2.53. The van der Waals surface area contributed by atoms with Crippen LogP contribution in [-0.2, 0) is 4.74 Å². The topological polar surface area (TPSA) is 9.23 Å². The van der Waals surface area contributed by atoms with E-state index in [1.807, 2.05) is 13.8 Å². The lowest BCUT2D eigenvalue weighted by Gasteiger charge is -2.15. The molecular weight excluding hydrogens is 193 g/mol. The van der Waals surface area contributed by atoms with E-state index in [0.29, 0.717) is 12.2 Å². The van der Waals surface area contributed by atoms with Gasteiger partial charge in [-0.05, 0) is 12.5 Å². The first-order valence-corrected chi connectivity index (χ1v) is 4.55. The van der Waals surface area contributed by atoms with Crippen LogP contribution in [0.3, 0.4) is 0 Å². The van der Waals surface area contributed by atoms with E-state index in [1.165, 1.54) is 13.2 Å². The van der Waals surface area contributed by atoms with Crippen molar-refractivity contribution in [1.29, 1.82) is 0 Å². The number of hydrogen-bond donors (Lipinski definition) is 0. The second-order valence-corrected chi connectivity index (χ2v) is 2.53. The van der Waals surface area contributed by atoms with Crippen molar-refractivity contribution in [3.8, 4) is 0 Å². The van der Waals surface area contributed by atoms with Crippen molar-refractivity contribution < 1.29 is 17.9 Å².